The van der Waals surface area contributed by atoms with Gasteiger partial charge in [-0.2, -0.15) is 0 Å². The molecule has 1 aromatic rings. The van der Waals surface area contributed by atoms with Gasteiger partial charge in [-0.1, -0.05) is 30.3 Å². The first kappa shape index (κ1) is 16.5. The van der Waals surface area contributed by atoms with Gasteiger partial charge in [-0.3, -0.25) is 4.90 Å². The number of nitrogens with one attached hydrogen (secondary N) is 1. The van der Waals surface area contributed by atoms with Crippen LogP contribution in [0.1, 0.15) is 39.2 Å². The fourth-order valence-corrected chi connectivity index (χ4v) is 2.79. The number of benzene rings is 1. The van der Waals surface area contributed by atoms with Crippen molar-refractivity contribution in [2.24, 2.45) is 0 Å². The Hall–Kier alpha value is -0.900. The molecule has 2 rings (SSSR count). The third kappa shape index (κ3) is 6.16. The lowest BCUT2D eigenvalue weighted by Gasteiger charge is -2.24. The van der Waals surface area contributed by atoms with Gasteiger partial charge in [0.25, 0.3) is 0 Å². The van der Waals surface area contributed by atoms with Gasteiger partial charge in [0.1, 0.15) is 0 Å². The van der Waals surface area contributed by atoms with E-state index in [1.54, 1.807) is 0 Å². The summed E-state index contributed by atoms with van der Waals surface area (Å²) in [6.45, 7) is 9.57. The van der Waals surface area contributed by atoms with E-state index in [9.17, 15) is 0 Å². The van der Waals surface area contributed by atoms with Gasteiger partial charge in [-0.25, -0.2) is 0 Å². The molecule has 1 aliphatic rings. The summed E-state index contributed by atoms with van der Waals surface area (Å²) in [5.41, 5.74) is 1.54. The Morgan fingerprint density at radius 1 is 1.14 bits per heavy atom. The highest BCUT2D eigenvalue weighted by Gasteiger charge is 2.26. The van der Waals surface area contributed by atoms with Crippen LogP contribution in [0.25, 0.3) is 0 Å². The van der Waals surface area contributed by atoms with Crippen molar-refractivity contribution in [1.82, 2.24) is 10.2 Å². The molecule has 2 atom stereocenters. The molecule has 3 heteroatoms. The van der Waals surface area contributed by atoms with E-state index in [1.807, 2.05) is 0 Å². The van der Waals surface area contributed by atoms with Crippen LogP contribution in [0.5, 0.6) is 0 Å². The predicted molar refractivity (Wildman–Crippen MR) is 88.4 cm³/mol. The summed E-state index contributed by atoms with van der Waals surface area (Å²) >= 11 is 0. The van der Waals surface area contributed by atoms with Gasteiger partial charge < -0.3 is 10.1 Å². The molecular formula is C18H30N2O. The Labute approximate surface area is 129 Å². The van der Waals surface area contributed by atoms with Crippen LogP contribution in [-0.4, -0.2) is 42.8 Å². The summed E-state index contributed by atoms with van der Waals surface area (Å²) in [5, 5.41) is 3.54. The van der Waals surface area contributed by atoms with E-state index >= 15 is 0 Å². The molecule has 0 spiro atoms. The molecule has 0 radical (unpaired) electrons. The van der Waals surface area contributed by atoms with E-state index in [1.165, 1.54) is 18.4 Å². The van der Waals surface area contributed by atoms with Gasteiger partial charge in [-0.05, 0) is 46.2 Å². The van der Waals surface area contributed by atoms with Crippen molar-refractivity contribution in [3.05, 3.63) is 35.9 Å². The summed E-state index contributed by atoms with van der Waals surface area (Å²) < 4.78 is 6.16. The zero-order valence-corrected chi connectivity index (χ0v) is 13.9. The molecular weight excluding hydrogens is 260 g/mol. The zero-order valence-electron chi connectivity index (χ0n) is 13.9. The van der Waals surface area contributed by atoms with E-state index in [0.717, 1.165) is 19.6 Å². The van der Waals surface area contributed by atoms with Gasteiger partial charge in [0.05, 0.1) is 12.2 Å². The minimum Gasteiger partial charge on any atom is -0.372 e. The molecule has 0 aromatic heterocycles. The summed E-state index contributed by atoms with van der Waals surface area (Å²) in [4.78, 5) is 2.36. The molecule has 1 aliphatic heterocycles. The normalized spacial score (nSPS) is 22.9. The van der Waals surface area contributed by atoms with Crippen molar-refractivity contribution in [3.8, 4) is 0 Å². The van der Waals surface area contributed by atoms with Crippen molar-refractivity contribution in [2.45, 2.75) is 57.9 Å². The van der Waals surface area contributed by atoms with Crippen LogP contribution in [0.2, 0.25) is 0 Å². The molecule has 2 unspecified atom stereocenters. The Morgan fingerprint density at radius 2 is 1.81 bits per heavy atom. The van der Waals surface area contributed by atoms with Crippen molar-refractivity contribution in [1.29, 1.82) is 0 Å². The SMILES string of the molecule is CN(Cc1ccccc1)CC1CCC(CNC(C)(C)C)O1. The van der Waals surface area contributed by atoms with Crippen molar-refractivity contribution >= 4 is 0 Å². The van der Waals surface area contributed by atoms with E-state index in [-0.39, 0.29) is 5.54 Å². The lowest BCUT2D eigenvalue weighted by atomic mass is 10.1. The fourth-order valence-electron chi connectivity index (χ4n) is 2.79. The molecule has 1 heterocycles. The van der Waals surface area contributed by atoms with Gasteiger partial charge in [0.15, 0.2) is 0 Å². The van der Waals surface area contributed by atoms with E-state index in [0.29, 0.717) is 12.2 Å². The van der Waals surface area contributed by atoms with Crippen LogP contribution < -0.4 is 5.32 Å². The third-order valence-electron chi connectivity index (χ3n) is 3.87. The topological polar surface area (TPSA) is 24.5 Å². The van der Waals surface area contributed by atoms with E-state index in [4.69, 9.17) is 4.74 Å². The molecule has 0 aliphatic carbocycles. The summed E-state index contributed by atoms with van der Waals surface area (Å²) in [5.74, 6) is 0. The average molecular weight is 290 g/mol. The number of nitrogens with zero attached hydrogens (tertiary/aromatic N) is 1. The maximum Gasteiger partial charge on any atom is 0.0707 e. The van der Waals surface area contributed by atoms with Crippen molar-refractivity contribution in [3.63, 3.8) is 0 Å². The quantitative estimate of drug-likeness (QED) is 0.871. The number of ether oxygens (including phenoxy) is 1. The lowest BCUT2D eigenvalue weighted by molar-refractivity contribution is 0.0241. The third-order valence-corrected chi connectivity index (χ3v) is 3.87. The van der Waals surface area contributed by atoms with Crippen LogP contribution in [0.4, 0.5) is 0 Å². The Kier molecular flexibility index (Phi) is 5.80. The first-order valence-electron chi connectivity index (χ1n) is 8.05. The second-order valence-corrected chi connectivity index (χ2v) is 7.27. The smallest absolute Gasteiger partial charge is 0.0707 e. The largest absolute Gasteiger partial charge is 0.372 e. The molecule has 0 saturated carbocycles. The van der Waals surface area contributed by atoms with Gasteiger partial charge in [0, 0.05) is 25.2 Å². The molecule has 1 N–H and O–H groups in total. The minimum absolute atomic E-state index is 0.172. The lowest BCUT2D eigenvalue weighted by Crippen LogP contribution is -2.41. The first-order valence-corrected chi connectivity index (χ1v) is 8.05. The van der Waals surface area contributed by atoms with E-state index in [2.05, 4.69) is 68.4 Å². The molecule has 21 heavy (non-hydrogen) atoms. The Bertz CT molecular complexity index is 413. The number of hydrogen-bond donors (Lipinski definition) is 1. The van der Waals surface area contributed by atoms with Crippen LogP contribution in [0, 0.1) is 0 Å². The number of hydrogen-bond acceptors (Lipinski definition) is 3. The standard InChI is InChI=1S/C18H30N2O/c1-18(2,3)19-12-16-10-11-17(21-16)14-20(4)13-15-8-6-5-7-9-15/h5-9,16-17,19H,10-14H2,1-4H3. The zero-order chi connectivity index (χ0) is 15.3. The predicted octanol–water partition coefficient (Wildman–Crippen LogP) is 3.05. The molecule has 3 nitrogen and oxygen atoms in total. The highest BCUT2D eigenvalue weighted by molar-refractivity contribution is 5.14. The second kappa shape index (κ2) is 7.39. The fraction of sp³-hybridized carbons (Fsp3) is 0.667. The van der Waals surface area contributed by atoms with Gasteiger partial charge in [0.2, 0.25) is 0 Å². The monoisotopic (exact) mass is 290 g/mol. The summed E-state index contributed by atoms with van der Waals surface area (Å²) in [6, 6.07) is 10.6. The Balaban J connectivity index is 1.70. The molecule has 118 valence electrons. The second-order valence-electron chi connectivity index (χ2n) is 7.27. The number of rotatable bonds is 6. The summed E-state index contributed by atoms with van der Waals surface area (Å²) in [7, 11) is 2.18. The first-order chi connectivity index (χ1) is 9.92. The summed E-state index contributed by atoms with van der Waals surface area (Å²) in [6.07, 6.45) is 3.10. The van der Waals surface area contributed by atoms with Crippen LogP contribution in [-0.2, 0) is 11.3 Å². The highest BCUT2D eigenvalue weighted by atomic mass is 16.5. The van der Waals surface area contributed by atoms with Crippen LogP contribution in [0.15, 0.2) is 30.3 Å². The average Bonchev–Trinajstić information content (AvgIpc) is 2.84. The van der Waals surface area contributed by atoms with E-state index < -0.39 is 0 Å². The molecule has 1 saturated heterocycles. The van der Waals surface area contributed by atoms with Crippen molar-refractivity contribution in [2.75, 3.05) is 20.1 Å². The van der Waals surface area contributed by atoms with Crippen LogP contribution >= 0.6 is 0 Å². The maximum absolute atomic E-state index is 6.16. The molecule has 0 amide bonds. The minimum atomic E-state index is 0.172. The van der Waals surface area contributed by atoms with Crippen molar-refractivity contribution < 1.29 is 4.74 Å². The van der Waals surface area contributed by atoms with Gasteiger partial charge >= 0.3 is 0 Å². The van der Waals surface area contributed by atoms with Crippen LogP contribution in [0.3, 0.4) is 0 Å². The molecule has 0 bridgehead atoms. The highest BCUT2D eigenvalue weighted by Crippen LogP contribution is 2.21. The number of likely N-dealkylation sites (N-methyl/N-ethyl adjacent to an activating group) is 1. The molecule has 1 aromatic carbocycles. The Morgan fingerprint density at radius 3 is 2.48 bits per heavy atom. The van der Waals surface area contributed by atoms with Gasteiger partial charge in [-0.15, -0.1) is 0 Å². The maximum atomic E-state index is 6.16. The molecule has 1 fully saturated rings.